The van der Waals surface area contributed by atoms with Crippen molar-refractivity contribution in [3.8, 4) is 0 Å². The van der Waals surface area contributed by atoms with Crippen LogP contribution in [0.5, 0.6) is 0 Å². The van der Waals surface area contributed by atoms with Gasteiger partial charge in [0, 0.05) is 10.9 Å². The van der Waals surface area contributed by atoms with Crippen LogP contribution in [0.25, 0.3) is 11.0 Å². The van der Waals surface area contributed by atoms with E-state index in [1.807, 2.05) is 12.1 Å². The van der Waals surface area contributed by atoms with Gasteiger partial charge >= 0.3 is 5.97 Å². The number of hydrogen-bond acceptors (Lipinski definition) is 2. The number of fused-ring (bicyclic) bond motifs is 1. The summed E-state index contributed by atoms with van der Waals surface area (Å²) in [6.45, 7) is 0. The van der Waals surface area contributed by atoms with Gasteiger partial charge in [0.2, 0.25) is 0 Å². The van der Waals surface area contributed by atoms with Crippen molar-refractivity contribution in [1.82, 2.24) is 9.97 Å². The van der Waals surface area contributed by atoms with Crippen LogP contribution in [0.15, 0.2) is 18.2 Å². The van der Waals surface area contributed by atoms with Gasteiger partial charge < -0.3 is 10.1 Å². The van der Waals surface area contributed by atoms with Crippen molar-refractivity contribution in [2.75, 3.05) is 0 Å². The molecule has 1 heterocycles. The Morgan fingerprint density at radius 3 is 2.95 bits per heavy atom. The molecule has 3 rings (SSSR count). The maximum absolute atomic E-state index is 11.3. The monoisotopic (exact) mass is 278 g/mol. The van der Waals surface area contributed by atoms with Crippen LogP contribution in [0, 0.1) is 5.92 Å². The summed E-state index contributed by atoms with van der Waals surface area (Å²) < 4.78 is 0. The molecule has 100 valence electrons. The number of aromatic amines is 1. The van der Waals surface area contributed by atoms with Gasteiger partial charge in [0.15, 0.2) is 0 Å². The topological polar surface area (TPSA) is 66.0 Å². The minimum Gasteiger partial charge on any atom is -0.481 e. The first-order chi connectivity index (χ1) is 9.15. The minimum absolute atomic E-state index is 0.0163. The summed E-state index contributed by atoms with van der Waals surface area (Å²) in [6.07, 6.45) is 3.66. The van der Waals surface area contributed by atoms with E-state index < -0.39 is 5.97 Å². The lowest BCUT2D eigenvalue weighted by atomic mass is 9.79. The number of imidazole rings is 1. The van der Waals surface area contributed by atoms with E-state index >= 15 is 0 Å². The lowest BCUT2D eigenvalue weighted by Gasteiger charge is -2.26. The third-order valence-electron chi connectivity index (χ3n) is 3.90. The summed E-state index contributed by atoms with van der Waals surface area (Å²) in [5.41, 5.74) is 1.71. The molecule has 1 aromatic heterocycles. The fourth-order valence-corrected chi connectivity index (χ4v) is 3.10. The van der Waals surface area contributed by atoms with E-state index in [-0.39, 0.29) is 11.8 Å². The zero-order valence-electron chi connectivity index (χ0n) is 10.4. The summed E-state index contributed by atoms with van der Waals surface area (Å²) in [5.74, 6) is -0.283. The number of carboxylic acids is 1. The van der Waals surface area contributed by atoms with E-state index in [9.17, 15) is 9.90 Å². The van der Waals surface area contributed by atoms with E-state index in [4.69, 9.17) is 11.6 Å². The summed E-state index contributed by atoms with van der Waals surface area (Å²) in [6, 6.07) is 5.48. The lowest BCUT2D eigenvalue weighted by molar-refractivity contribution is -0.143. The number of rotatable bonds is 2. The zero-order valence-corrected chi connectivity index (χ0v) is 11.2. The van der Waals surface area contributed by atoms with E-state index in [1.54, 1.807) is 6.07 Å². The Labute approximate surface area is 115 Å². The van der Waals surface area contributed by atoms with E-state index in [2.05, 4.69) is 9.97 Å². The first-order valence-corrected chi connectivity index (χ1v) is 6.91. The van der Waals surface area contributed by atoms with Crippen LogP contribution >= 0.6 is 11.6 Å². The first kappa shape index (κ1) is 12.5. The molecule has 19 heavy (non-hydrogen) atoms. The molecule has 2 atom stereocenters. The predicted molar refractivity (Wildman–Crippen MR) is 73.4 cm³/mol. The Hall–Kier alpha value is -1.55. The summed E-state index contributed by atoms with van der Waals surface area (Å²) in [4.78, 5) is 19.1. The number of benzene rings is 1. The standard InChI is InChI=1S/C14H15ClN2O2/c15-8-5-6-11-12(7-8)17-13(16-11)9-3-1-2-4-10(9)14(18)19/h5-7,9-10H,1-4H2,(H,16,17)(H,18,19)/t9-,10-/m0/s1. The first-order valence-electron chi connectivity index (χ1n) is 6.53. The van der Waals surface area contributed by atoms with Crippen molar-refractivity contribution in [2.24, 2.45) is 5.92 Å². The lowest BCUT2D eigenvalue weighted by Crippen LogP contribution is -2.26. The molecule has 0 spiro atoms. The van der Waals surface area contributed by atoms with Crippen molar-refractivity contribution in [3.05, 3.63) is 29.0 Å². The van der Waals surface area contributed by atoms with Gasteiger partial charge in [-0.05, 0) is 31.0 Å². The quantitative estimate of drug-likeness (QED) is 0.882. The van der Waals surface area contributed by atoms with Crippen molar-refractivity contribution in [2.45, 2.75) is 31.6 Å². The third-order valence-corrected chi connectivity index (χ3v) is 4.13. The predicted octanol–water partition coefficient (Wildman–Crippen LogP) is 3.57. The van der Waals surface area contributed by atoms with Gasteiger partial charge in [0.25, 0.3) is 0 Å². The fourth-order valence-electron chi connectivity index (χ4n) is 2.93. The molecule has 0 unspecified atom stereocenters. The van der Waals surface area contributed by atoms with Crippen LogP contribution in [-0.4, -0.2) is 21.0 Å². The molecular weight excluding hydrogens is 264 g/mol. The zero-order chi connectivity index (χ0) is 13.4. The van der Waals surface area contributed by atoms with Crippen LogP contribution in [0.1, 0.15) is 37.4 Å². The number of carboxylic acid groups (broad SMARTS) is 1. The second-order valence-corrected chi connectivity index (χ2v) is 5.56. The Bertz CT molecular complexity index is 623. The summed E-state index contributed by atoms with van der Waals surface area (Å²) in [5, 5.41) is 9.98. The Kier molecular flexibility index (Phi) is 3.19. The van der Waals surface area contributed by atoms with Crippen LogP contribution in [0.3, 0.4) is 0 Å². The molecule has 1 aliphatic rings. The molecule has 1 saturated carbocycles. The average Bonchev–Trinajstić information content (AvgIpc) is 2.81. The maximum Gasteiger partial charge on any atom is 0.307 e. The largest absolute Gasteiger partial charge is 0.481 e. The van der Waals surface area contributed by atoms with Crippen LogP contribution in [-0.2, 0) is 4.79 Å². The molecule has 0 aliphatic heterocycles. The molecule has 0 saturated heterocycles. The van der Waals surface area contributed by atoms with Gasteiger partial charge in [-0.3, -0.25) is 4.79 Å². The van der Waals surface area contributed by atoms with Gasteiger partial charge in [0.1, 0.15) is 5.82 Å². The molecule has 1 aliphatic carbocycles. The molecule has 0 radical (unpaired) electrons. The number of carbonyl (C=O) groups is 1. The van der Waals surface area contributed by atoms with E-state index in [1.165, 1.54) is 0 Å². The highest BCUT2D eigenvalue weighted by molar-refractivity contribution is 6.31. The number of nitrogens with one attached hydrogen (secondary N) is 1. The molecule has 0 bridgehead atoms. The Morgan fingerprint density at radius 2 is 2.16 bits per heavy atom. The van der Waals surface area contributed by atoms with Crippen LogP contribution < -0.4 is 0 Å². The highest BCUT2D eigenvalue weighted by Gasteiger charge is 2.33. The number of hydrogen-bond donors (Lipinski definition) is 2. The van der Waals surface area contributed by atoms with Crippen molar-refractivity contribution < 1.29 is 9.90 Å². The SMILES string of the molecule is O=C(O)[C@H]1CCCC[C@@H]1c1nc2ccc(Cl)cc2[nH]1. The smallest absolute Gasteiger partial charge is 0.307 e. The van der Waals surface area contributed by atoms with E-state index in [0.717, 1.165) is 42.5 Å². The number of halogens is 1. The van der Waals surface area contributed by atoms with Gasteiger partial charge in [-0.2, -0.15) is 0 Å². The number of nitrogens with zero attached hydrogens (tertiary/aromatic N) is 1. The average molecular weight is 279 g/mol. The number of aromatic nitrogens is 2. The highest BCUT2D eigenvalue weighted by atomic mass is 35.5. The normalized spacial score (nSPS) is 23.6. The van der Waals surface area contributed by atoms with Gasteiger partial charge in [-0.25, -0.2) is 4.98 Å². The molecular formula is C14H15ClN2O2. The number of aliphatic carboxylic acids is 1. The second-order valence-electron chi connectivity index (χ2n) is 5.12. The summed E-state index contributed by atoms with van der Waals surface area (Å²) >= 11 is 5.95. The van der Waals surface area contributed by atoms with Crippen LogP contribution in [0.4, 0.5) is 0 Å². The van der Waals surface area contributed by atoms with E-state index in [0.29, 0.717) is 5.02 Å². The Balaban J connectivity index is 1.99. The van der Waals surface area contributed by atoms with Crippen LogP contribution in [0.2, 0.25) is 5.02 Å². The fraction of sp³-hybridized carbons (Fsp3) is 0.429. The maximum atomic E-state index is 11.3. The number of H-pyrrole nitrogens is 1. The Morgan fingerprint density at radius 1 is 1.37 bits per heavy atom. The van der Waals surface area contributed by atoms with Crippen molar-refractivity contribution >= 4 is 28.6 Å². The van der Waals surface area contributed by atoms with Gasteiger partial charge in [-0.15, -0.1) is 0 Å². The third kappa shape index (κ3) is 2.32. The second kappa shape index (κ2) is 4.85. The molecule has 2 aromatic rings. The van der Waals surface area contributed by atoms with Crippen molar-refractivity contribution in [1.29, 1.82) is 0 Å². The van der Waals surface area contributed by atoms with Crippen molar-refractivity contribution in [3.63, 3.8) is 0 Å². The van der Waals surface area contributed by atoms with Gasteiger partial charge in [-0.1, -0.05) is 24.4 Å². The molecule has 2 N–H and O–H groups in total. The molecule has 1 fully saturated rings. The van der Waals surface area contributed by atoms with Gasteiger partial charge in [0.05, 0.1) is 17.0 Å². The molecule has 4 nitrogen and oxygen atoms in total. The highest BCUT2D eigenvalue weighted by Crippen LogP contribution is 2.37. The molecule has 5 heteroatoms. The molecule has 1 aromatic carbocycles. The minimum atomic E-state index is -0.719. The summed E-state index contributed by atoms with van der Waals surface area (Å²) in [7, 11) is 0. The molecule has 0 amide bonds.